The summed E-state index contributed by atoms with van der Waals surface area (Å²) in [6.07, 6.45) is 5.76. The Morgan fingerprint density at radius 3 is 2.88 bits per heavy atom. The van der Waals surface area contributed by atoms with Crippen molar-refractivity contribution in [2.45, 2.75) is 32.7 Å². The zero-order valence-electron chi connectivity index (χ0n) is 14.2. The molecule has 1 fully saturated rings. The standard InChI is InChI=1S/C18H24N4OS/c1-13-14(2)21-17(20-13)7-8-18(23)19-12-15(16-6-5-11-24-16)22-9-3-4-10-22/h5-8,11,15H,3-4,9-10,12H2,1-2H3,(H,19,23)(H,20,21)/b8-7+. The van der Waals surface area contributed by atoms with Gasteiger partial charge in [0.15, 0.2) is 0 Å². The van der Waals surface area contributed by atoms with E-state index < -0.39 is 0 Å². The number of nitrogens with one attached hydrogen (secondary N) is 2. The van der Waals surface area contributed by atoms with Crippen LogP contribution in [0.4, 0.5) is 0 Å². The van der Waals surface area contributed by atoms with Crippen LogP contribution in [0.3, 0.4) is 0 Å². The van der Waals surface area contributed by atoms with Crippen LogP contribution in [-0.2, 0) is 4.79 Å². The highest BCUT2D eigenvalue weighted by Crippen LogP contribution is 2.27. The molecule has 6 heteroatoms. The highest BCUT2D eigenvalue weighted by molar-refractivity contribution is 7.10. The van der Waals surface area contributed by atoms with Gasteiger partial charge in [0, 0.05) is 23.2 Å². The van der Waals surface area contributed by atoms with Crippen molar-refractivity contribution in [3.05, 3.63) is 45.7 Å². The molecule has 1 atom stereocenters. The minimum atomic E-state index is -0.0811. The summed E-state index contributed by atoms with van der Waals surface area (Å²) < 4.78 is 0. The van der Waals surface area contributed by atoms with E-state index in [2.05, 4.69) is 37.7 Å². The number of aryl methyl sites for hydroxylation is 2. The molecule has 3 heterocycles. The van der Waals surface area contributed by atoms with Crippen molar-refractivity contribution in [1.82, 2.24) is 20.2 Å². The number of aromatic nitrogens is 2. The summed E-state index contributed by atoms with van der Waals surface area (Å²) in [5.41, 5.74) is 1.99. The molecule has 0 bridgehead atoms. The maximum atomic E-state index is 12.1. The molecule has 1 unspecified atom stereocenters. The number of carbonyl (C=O) groups excluding carboxylic acids is 1. The molecule has 3 rings (SSSR count). The maximum absolute atomic E-state index is 12.1. The van der Waals surface area contributed by atoms with Crippen molar-refractivity contribution in [3.8, 4) is 0 Å². The van der Waals surface area contributed by atoms with Gasteiger partial charge in [0.1, 0.15) is 5.82 Å². The predicted molar refractivity (Wildman–Crippen MR) is 98.0 cm³/mol. The Morgan fingerprint density at radius 2 is 2.25 bits per heavy atom. The number of amides is 1. The van der Waals surface area contributed by atoms with Gasteiger partial charge >= 0.3 is 0 Å². The predicted octanol–water partition coefficient (Wildman–Crippen LogP) is 3.05. The van der Waals surface area contributed by atoms with Crippen LogP contribution in [0.5, 0.6) is 0 Å². The number of H-pyrrole nitrogens is 1. The van der Waals surface area contributed by atoms with Crippen LogP contribution >= 0.6 is 11.3 Å². The van der Waals surface area contributed by atoms with E-state index in [1.54, 1.807) is 23.5 Å². The molecule has 2 aromatic rings. The quantitative estimate of drug-likeness (QED) is 0.792. The van der Waals surface area contributed by atoms with E-state index in [0.717, 1.165) is 30.3 Å². The molecule has 24 heavy (non-hydrogen) atoms. The number of rotatable bonds is 6. The molecular weight excluding hydrogens is 320 g/mol. The molecule has 1 amide bonds. The molecule has 5 nitrogen and oxygen atoms in total. The Balaban J connectivity index is 1.58. The molecule has 1 saturated heterocycles. The largest absolute Gasteiger partial charge is 0.351 e. The Kier molecular flexibility index (Phi) is 5.48. The molecule has 0 radical (unpaired) electrons. The average molecular weight is 344 g/mol. The van der Waals surface area contributed by atoms with Crippen molar-refractivity contribution >= 4 is 23.3 Å². The highest BCUT2D eigenvalue weighted by Gasteiger charge is 2.24. The van der Waals surface area contributed by atoms with Gasteiger partial charge in [-0.3, -0.25) is 9.69 Å². The van der Waals surface area contributed by atoms with Crippen LogP contribution < -0.4 is 5.32 Å². The number of aromatic amines is 1. The summed E-state index contributed by atoms with van der Waals surface area (Å²) in [6.45, 7) is 6.78. The van der Waals surface area contributed by atoms with Crippen molar-refractivity contribution in [2.75, 3.05) is 19.6 Å². The lowest BCUT2D eigenvalue weighted by molar-refractivity contribution is -0.116. The number of hydrogen-bond donors (Lipinski definition) is 2. The van der Waals surface area contributed by atoms with E-state index in [4.69, 9.17) is 0 Å². The second kappa shape index (κ2) is 7.77. The fourth-order valence-electron chi connectivity index (χ4n) is 3.01. The number of imidazole rings is 1. The van der Waals surface area contributed by atoms with Crippen LogP contribution in [0.1, 0.15) is 41.0 Å². The molecule has 2 N–H and O–H groups in total. The minimum absolute atomic E-state index is 0.0811. The van der Waals surface area contributed by atoms with Gasteiger partial charge in [-0.1, -0.05) is 6.07 Å². The summed E-state index contributed by atoms with van der Waals surface area (Å²) in [5.74, 6) is 0.636. The lowest BCUT2D eigenvalue weighted by Gasteiger charge is -2.26. The summed E-state index contributed by atoms with van der Waals surface area (Å²) in [6, 6.07) is 4.51. The van der Waals surface area contributed by atoms with Crippen LogP contribution in [0.2, 0.25) is 0 Å². The summed E-state index contributed by atoms with van der Waals surface area (Å²) in [5, 5.41) is 5.14. The van der Waals surface area contributed by atoms with Gasteiger partial charge in [0.05, 0.1) is 11.7 Å². The zero-order chi connectivity index (χ0) is 16.9. The maximum Gasteiger partial charge on any atom is 0.244 e. The molecule has 1 aliphatic rings. The average Bonchev–Trinajstić information content (AvgIpc) is 3.30. The first-order chi connectivity index (χ1) is 11.6. The first kappa shape index (κ1) is 16.9. The molecule has 128 valence electrons. The van der Waals surface area contributed by atoms with E-state index >= 15 is 0 Å². The topological polar surface area (TPSA) is 61.0 Å². The Labute approximate surface area is 146 Å². The van der Waals surface area contributed by atoms with Crippen molar-refractivity contribution in [2.24, 2.45) is 0 Å². The van der Waals surface area contributed by atoms with E-state index in [1.165, 1.54) is 17.7 Å². The van der Waals surface area contributed by atoms with E-state index in [0.29, 0.717) is 6.54 Å². The van der Waals surface area contributed by atoms with Crippen LogP contribution in [0, 0.1) is 13.8 Å². The molecular formula is C18H24N4OS. The lowest BCUT2D eigenvalue weighted by atomic mass is 10.2. The fourth-order valence-corrected chi connectivity index (χ4v) is 3.87. The number of nitrogens with zero attached hydrogens (tertiary/aromatic N) is 2. The van der Waals surface area contributed by atoms with Gasteiger partial charge in [0.2, 0.25) is 5.91 Å². The number of likely N-dealkylation sites (tertiary alicyclic amines) is 1. The van der Waals surface area contributed by atoms with Crippen molar-refractivity contribution in [3.63, 3.8) is 0 Å². The minimum Gasteiger partial charge on any atom is -0.351 e. The van der Waals surface area contributed by atoms with Crippen LogP contribution in [0.25, 0.3) is 6.08 Å². The smallest absolute Gasteiger partial charge is 0.244 e. The summed E-state index contributed by atoms with van der Waals surface area (Å²) >= 11 is 1.76. The normalized spacial score (nSPS) is 16.8. The Bertz CT molecular complexity index is 679. The van der Waals surface area contributed by atoms with E-state index in [1.807, 2.05) is 13.8 Å². The first-order valence-corrected chi connectivity index (χ1v) is 9.28. The summed E-state index contributed by atoms with van der Waals surface area (Å²) in [4.78, 5) is 23.4. The third-order valence-corrected chi connectivity index (χ3v) is 5.44. The van der Waals surface area contributed by atoms with Gasteiger partial charge in [-0.2, -0.15) is 0 Å². The lowest BCUT2D eigenvalue weighted by Crippen LogP contribution is -2.35. The van der Waals surface area contributed by atoms with E-state index in [9.17, 15) is 4.79 Å². The van der Waals surface area contributed by atoms with Crippen LogP contribution in [0.15, 0.2) is 23.6 Å². The molecule has 0 aliphatic carbocycles. The van der Waals surface area contributed by atoms with Crippen LogP contribution in [-0.4, -0.2) is 40.4 Å². The number of hydrogen-bond acceptors (Lipinski definition) is 4. The third-order valence-electron chi connectivity index (χ3n) is 4.46. The summed E-state index contributed by atoms with van der Waals surface area (Å²) in [7, 11) is 0. The second-order valence-electron chi connectivity index (χ2n) is 6.19. The van der Waals surface area contributed by atoms with Gasteiger partial charge in [0.25, 0.3) is 0 Å². The van der Waals surface area contributed by atoms with Crippen molar-refractivity contribution in [1.29, 1.82) is 0 Å². The van der Waals surface area contributed by atoms with Gasteiger partial charge in [-0.15, -0.1) is 11.3 Å². The number of thiophene rings is 1. The van der Waals surface area contributed by atoms with E-state index in [-0.39, 0.29) is 11.9 Å². The number of carbonyl (C=O) groups is 1. The molecule has 1 aliphatic heterocycles. The third kappa shape index (κ3) is 4.13. The SMILES string of the molecule is Cc1nc(/C=C/C(=O)NCC(c2cccs2)N2CCCC2)[nH]c1C. The van der Waals surface area contributed by atoms with Gasteiger partial charge in [-0.05, 0) is 57.3 Å². The molecule has 0 spiro atoms. The molecule has 0 aromatic carbocycles. The fraction of sp³-hybridized carbons (Fsp3) is 0.444. The highest BCUT2D eigenvalue weighted by atomic mass is 32.1. The Morgan fingerprint density at radius 1 is 1.46 bits per heavy atom. The molecule has 2 aromatic heterocycles. The zero-order valence-corrected chi connectivity index (χ0v) is 15.0. The molecule has 0 saturated carbocycles. The van der Waals surface area contributed by atoms with Crippen molar-refractivity contribution < 1.29 is 4.79 Å². The monoisotopic (exact) mass is 344 g/mol. The van der Waals surface area contributed by atoms with Gasteiger partial charge in [-0.25, -0.2) is 4.98 Å². The Hall–Kier alpha value is -1.92. The first-order valence-electron chi connectivity index (χ1n) is 8.40. The second-order valence-corrected chi connectivity index (χ2v) is 7.16. The van der Waals surface area contributed by atoms with Gasteiger partial charge < -0.3 is 10.3 Å².